The van der Waals surface area contributed by atoms with Crippen LogP contribution in [0.3, 0.4) is 0 Å². The number of fused-ring (bicyclic) bond motifs is 1. The first-order chi connectivity index (χ1) is 11.5. The SMILES string of the molecule is O=C(O)CCN1C(=O)C(=Cc2ccc(Br)s2)c2ccccc2C1=O. The molecule has 122 valence electrons. The minimum Gasteiger partial charge on any atom is -0.481 e. The second kappa shape index (κ2) is 6.70. The van der Waals surface area contributed by atoms with Gasteiger partial charge < -0.3 is 5.11 Å². The molecule has 0 radical (unpaired) electrons. The van der Waals surface area contributed by atoms with Gasteiger partial charge in [0.05, 0.1) is 10.2 Å². The molecule has 0 spiro atoms. The minimum absolute atomic E-state index is 0.146. The average Bonchev–Trinajstić information content (AvgIpc) is 2.96. The number of nitrogens with zero attached hydrogens (tertiary/aromatic N) is 1. The van der Waals surface area contributed by atoms with Crippen molar-refractivity contribution in [2.24, 2.45) is 0 Å². The van der Waals surface area contributed by atoms with Crippen LogP contribution in [-0.2, 0) is 9.59 Å². The Balaban J connectivity index is 2.07. The Hall–Kier alpha value is -2.25. The molecule has 1 aromatic carbocycles. The van der Waals surface area contributed by atoms with E-state index in [1.165, 1.54) is 11.3 Å². The summed E-state index contributed by atoms with van der Waals surface area (Å²) in [6.45, 7) is -0.146. The van der Waals surface area contributed by atoms with Crippen molar-refractivity contribution in [3.63, 3.8) is 0 Å². The van der Waals surface area contributed by atoms with E-state index in [-0.39, 0.29) is 13.0 Å². The second-order valence-corrected chi connectivity index (χ2v) is 7.65. The number of carboxylic acids is 1. The lowest BCUT2D eigenvalue weighted by molar-refractivity contribution is -0.137. The maximum absolute atomic E-state index is 12.8. The van der Waals surface area contributed by atoms with Crippen LogP contribution < -0.4 is 0 Å². The quantitative estimate of drug-likeness (QED) is 0.623. The van der Waals surface area contributed by atoms with Crippen LogP contribution >= 0.6 is 27.3 Å². The summed E-state index contributed by atoms with van der Waals surface area (Å²) in [6.07, 6.45) is 1.45. The number of carbonyl (C=O) groups excluding carboxylic acids is 2. The monoisotopic (exact) mass is 405 g/mol. The van der Waals surface area contributed by atoms with Crippen LogP contribution in [0.5, 0.6) is 0 Å². The smallest absolute Gasteiger partial charge is 0.305 e. The number of amides is 2. The lowest BCUT2D eigenvalue weighted by Crippen LogP contribution is -2.42. The van der Waals surface area contributed by atoms with Gasteiger partial charge in [-0.25, -0.2) is 0 Å². The van der Waals surface area contributed by atoms with E-state index in [1.807, 2.05) is 12.1 Å². The molecule has 1 aromatic heterocycles. The Kier molecular flexibility index (Phi) is 4.64. The summed E-state index contributed by atoms with van der Waals surface area (Å²) in [6, 6.07) is 10.6. The second-order valence-electron chi connectivity index (χ2n) is 5.15. The molecule has 2 heterocycles. The highest BCUT2D eigenvalue weighted by Gasteiger charge is 2.34. The number of carbonyl (C=O) groups is 3. The van der Waals surface area contributed by atoms with Crippen LogP contribution in [0.1, 0.15) is 27.2 Å². The van der Waals surface area contributed by atoms with Crippen LogP contribution in [0.25, 0.3) is 11.6 Å². The maximum atomic E-state index is 12.8. The number of benzene rings is 1. The highest BCUT2D eigenvalue weighted by molar-refractivity contribution is 9.11. The number of imide groups is 1. The Bertz CT molecular complexity index is 871. The molecule has 0 aliphatic carbocycles. The molecule has 2 amide bonds. The fraction of sp³-hybridized carbons (Fsp3) is 0.118. The van der Waals surface area contributed by atoms with E-state index < -0.39 is 17.8 Å². The Morgan fingerprint density at radius 3 is 2.46 bits per heavy atom. The number of thiophene rings is 1. The number of carboxylic acid groups (broad SMARTS) is 1. The Morgan fingerprint density at radius 1 is 1.12 bits per heavy atom. The van der Waals surface area contributed by atoms with Gasteiger partial charge in [0.1, 0.15) is 0 Å². The van der Waals surface area contributed by atoms with E-state index in [9.17, 15) is 14.4 Å². The zero-order valence-electron chi connectivity index (χ0n) is 12.4. The minimum atomic E-state index is -1.05. The van der Waals surface area contributed by atoms with Gasteiger partial charge in [-0.05, 0) is 45.8 Å². The van der Waals surface area contributed by atoms with E-state index >= 15 is 0 Å². The molecule has 0 fully saturated rings. The van der Waals surface area contributed by atoms with Gasteiger partial charge in [-0.2, -0.15) is 0 Å². The zero-order valence-corrected chi connectivity index (χ0v) is 14.8. The van der Waals surface area contributed by atoms with Crippen LogP contribution in [-0.4, -0.2) is 34.3 Å². The van der Waals surface area contributed by atoms with Gasteiger partial charge in [0.25, 0.3) is 11.8 Å². The summed E-state index contributed by atoms with van der Waals surface area (Å²) < 4.78 is 0.935. The molecule has 0 saturated carbocycles. The fourth-order valence-corrected chi connectivity index (χ4v) is 3.87. The van der Waals surface area contributed by atoms with Crippen molar-refractivity contribution in [3.8, 4) is 0 Å². The summed E-state index contributed by atoms with van der Waals surface area (Å²) in [5.74, 6) is -1.98. The van der Waals surface area contributed by atoms with Gasteiger partial charge in [0, 0.05) is 22.6 Å². The number of hydrogen-bond donors (Lipinski definition) is 1. The maximum Gasteiger partial charge on any atom is 0.305 e. The molecule has 0 bridgehead atoms. The van der Waals surface area contributed by atoms with Gasteiger partial charge in [-0.1, -0.05) is 18.2 Å². The molecule has 0 unspecified atom stereocenters. The van der Waals surface area contributed by atoms with E-state index in [0.29, 0.717) is 16.7 Å². The highest BCUT2D eigenvalue weighted by atomic mass is 79.9. The number of aliphatic carboxylic acids is 1. The highest BCUT2D eigenvalue weighted by Crippen LogP contribution is 2.32. The first kappa shape index (κ1) is 16.6. The van der Waals surface area contributed by atoms with Crippen molar-refractivity contribution < 1.29 is 19.5 Å². The van der Waals surface area contributed by atoms with Gasteiger partial charge in [-0.3, -0.25) is 19.3 Å². The first-order valence-electron chi connectivity index (χ1n) is 7.12. The van der Waals surface area contributed by atoms with Crippen molar-refractivity contribution >= 4 is 56.7 Å². The van der Waals surface area contributed by atoms with Gasteiger partial charge in [0.15, 0.2) is 0 Å². The average molecular weight is 406 g/mol. The van der Waals surface area contributed by atoms with Crippen molar-refractivity contribution in [1.29, 1.82) is 0 Å². The van der Waals surface area contributed by atoms with Gasteiger partial charge in [0.2, 0.25) is 0 Å². The van der Waals surface area contributed by atoms with Crippen LogP contribution in [0, 0.1) is 0 Å². The third kappa shape index (κ3) is 3.18. The molecule has 1 aliphatic rings. The molecule has 0 atom stereocenters. The van der Waals surface area contributed by atoms with Crippen LogP contribution in [0.15, 0.2) is 40.2 Å². The molecule has 1 aliphatic heterocycles. The normalized spacial score (nSPS) is 15.7. The largest absolute Gasteiger partial charge is 0.481 e. The van der Waals surface area contributed by atoms with Gasteiger partial charge in [-0.15, -0.1) is 11.3 Å². The topological polar surface area (TPSA) is 74.7 Å². The summed E-state index contributed by atoms with van der Waals surface area (Å²) in [5.41, 5.74) is 1.37. The van der Waals surface area contributed by atoms with Crippen LogP contribution in [0.2, 0.25) is 0 Å². The molecule has 1 N–H and O–H groups in total. The lowest BCUT2D eigenvalue weighted by atomic mass is 9.93. The number of hydrogen-bond acceptors (Lipinski definition) is 4. The van der Waals surface area contributed by atoms with Crippen LogP contribution in [0.4, 0.5) is 0 Å². The van der Waals surface area contributed by atoms with Crippen molar-refractivity contribution in [2.75, 3.05) is 6.54 Å². The fourth-order valence-electron chi connectivity index (χ4n) is 2.50. The zero-order chi connectivity index (χ0) is 17.3. The van der Waals surface area contributed by atoms with E-state index in [0.717, 1.165) is 13.6 Å². The molecular weight excluding hydrogens is 394 g/mol. The van der Waals surface area contributed by atoms with E-state index in [2.05, 4.69) is 15.9 Å². The van der Waals surface area contributed by atoms with E-state index in [1.54, 1.807) is 30.3 Å². The van der Waals surface area contributed by atoms with Crippen molar-refractivity contribution in [3.05, 3.63) is 56.2 Å². The molecule has 2 aromatic rings. The molecule has 5 nitrogen and oxygen atoms in total. The van der Waals surface area contributed by atoms with Crippen molar-refractivity contribution in [1.82, 2.24) is 4.90 Å². The third-order valence-electron chi connectivity index (χ3n) is 3.60. The Labute approximate surface area is 150 Å². The Morgan fingerprint density at radius 2 is 1.83 bits per heavy atom. The predicted octanol–water partition coefficient (Wildman–Crippen LogP) is 3.51. The summed E-state index contributed by atoms with van der Waals surface area (Å²) in [5, 5.41) is 8.85. The van der Waals surface area contributed by atoms with Crippen molar-refractivity contribution in [2.45, 2.75) is 6.42 Å². The van der Waals surface area contributed by atoms with Gasteiger partial charge >= 0.3 is 5.97 Å². The molecule has 3 rings (SSSR count). The standard InChI is InChI=1S/C17H12BrNO4S/c18-14-6-5-10(24-14)9-13-11-3-1-2-4-12(11)16(22)19(17(13)23)8-7-15(20)21/h1-6,9H,7-8H2,(H,20,21). The van der Waals surface area contributed by atoms with E-state index in [4.69, 9.17) is 5.11 Å². The number of rotatable bonds is 4. The number of halogens is 1. The molecule has 24 heavy (non-hydrogen) atoms. The summed E-state index contributed by atoms with van der Waals surface area (Å²) in [7, 11) is 0. The first-order valence-corrected chi connectivity index (χ1v) is 8.73. The predicted molar refractivity (Wildman–Crippen MR) is 94.6 cm³/mol. The molecule has 0 saturated heterocycles. The molecule has 7 heteroatoms. The lowest BCUT2D eigenvalue weighted by Gasteiger charge is -2.28. The third-order valence-corrected chi connectivity index (χ3v) is 5.17. The molecular formula is C17H12BrNO4S. The summed E-state index contributed by atoms with van der Waals surface area (Å²) >= 11 is 4.85. The summed E-state index contributed by atoms with van der Waals surface area (Å²) in [4.78, 5) is 38.0.